The van der Waals surface area contributed by atoms with Gasteiger partial charge in [0, 0.05) is 31.7 Å². The van der Waals surface area contributed by atoms with Crippen molar-refractivity contribution in [2.75, 3.05) is 29.9 Å². The number of benzene rings is 1. The van der Waals surface area contributed by atoms with E-state index >= 15 is 0 Å². The number of piperidine rings is 1. The normalized spacial score (nSPS) is 17.6. The highest BCUT2D eigenvalue weighted by Crippen LogP contribution is 2.28. The van der Waals surface area contributed by atoms with Crippen molar-refractivity contribution in [3.8, 4) is 0 Å². The molecule has 1 aliphatic carbocycles. The quantitative estimate of drug-likeness (QED) is 0.819. The maximum absolute atomic E-state index is 13.8. The first-order chi connectivity index (χ1) is 13.2. The number of aromatic nitrogens is 2. The minimum absolute atomic E-state index is 0.0692. The van der Waals surface area contributed by atoms with Crippen LogP contribution in [0.3, 0.4) is 0 Å². The maximum atomic E-state index is 13.8. The van der Waals surface area contributed by atoms with Gasteiger partial charge in [-0.15, -0.1) is 0 Å². The molecule has 1 aromatic carbocycles. The van der Waals surface area contributed by atoms with Gasteiger partial charge in [-0.25, -0.2) is 9.37 Å². The van der Waals surface area contributed by atoms with E-state index in [9.17, 15) is 9.18 Å². The van der Waals surface area contributed by atoms with Gasteiger partial charge in [-0.3, -0.25) is 4.79 Å². The molecule has 0 atom stereocenters. The molecule has 142 valence electrons. The number of carbonyl (C=O) groups excluding carboxylic acids is 1. The molecule has 1 amide bonds. The van der Waals surface area contributed by atoms with Gasteiger partial charge in [0.15, 0.2) is 0 Å². The molecule has 1 saturated carbocycles. The molecule has 0 spiro atoms. The number of nitrogens with one attached hydrogen (secondary N) is 2. The van der Waals surface area contributed by atoms with E-state index in [-0.39, 0.29) is 17.6 Å². The van der Waals surface area contributed by atoms with E-state index in [1.54, 1.807) is 30.5 Å². The van der Waals surface area contributed by atoms with Gasteiger partial charge in [0.05, 0.1) is 5.69 Å². The molecule has 1 saturated heterocycles. The van der Waals surface area contributed by atoms with Crippen molar-refractivity contribution in [3.63, 3.8) is 0 Å². The molecular formula is C20H24FN5O. The van der Waals surface area contributed by atoms with Crippen molar-refractivity contribution < 1.29 is 9.18 Å². The zero-order valence-corrected chi connectivity index (χ0v) is 15.2. The highest BCUT2D eigenvalue weighted by atomic mass is 19.1. The molecule has 0 radical (unpaired) electrons. The zero-order valence-electron chi connectivity index (χ0n) is 15.2. The Morgan fingerprint density at radius 2 is 1.93 bits per heavy atom. The van der Waals surface area contributed by atoms with Gasteiger partial charge < -0.3 is 15.5 Å². The summed E-state index contributed by atoms with van der Waals surface area (Å²) in [5.74, 6) is 1.78. The summed E-state index contributed by atoms with van der Waals surface area (Å²) in [7, 11) is 0. The standard InChI is InChI=1S/C20H24FN5O/c21-16-3-1-2-4-17(16)24-18-7-10-22-20(25-18)26-11-8-15(9-12-26)19(27)23-13-14-5-6-14/h1-4,7,10,14-15H,5-6,8-9,11-13H2,(H,23,27)(H,22,24,25). The minimum atomic E-state index is -0.323. The number of nitrogens with zero attached hydrogens (tertiary/aromatic N) is 3. The van der Waals surface area contributed by atoms with Gasteiger partial charge in [0.25, 0.3) is 0 Å². The molecule has 1 aromatic heterocycles. The molecule has 27 heavy (non-hydrogen) atoms. The Hall–Kier alpha value is -2.70. The monoisotopic (exact) mass is 369 g/mol. The summed E-state index contributed by atoms with van der Waals surface area (Å²) in [5, 5.41) is 6.07. The molecule has 1 aliphatic heterocycles. The summed E-state index contributed by atoms with van der Waals surface area (Å²) in [6.45, 7) is 2.31. The van der Waals surface area contributed by atoms with Crippen LogP contribution >= 0.6 is 0 Å². The van der Waals surface area contributed by atoms with Crippen LogP contribution in [0, 0.1) is 17.7 Å². The van der Waals surface area contributed by atoms with E-state index in [4.69, 9.17) is 0 Å². The summed E-state index contributed by atoms with van der Waals surface area (Å²) in [4.78, 5) is 23.2. The fourth-order valence-electron chi connectivity index (χ4n) is 3.32. The fraction of sp³-hybridized carbons (Fsp3) is 0.450. The Morgan fingerprint density at radius 3 is 2.67 bits per heavy atom. The van der Waals surface area contributed by atoms with Crippen LogP contribution in [0.15, 0.2) is 36.5 Å². The first kappa shape index (κ1) is 17.7. The average molecular weight is 369 g/mol. The number of carbonyl (C=O) groups is 1. The molecule has 2 aliphatic rings. The average Bonchev–Trinajstić information content (AvgIpc) is 3.53. The minimum Gasteiger partial charge on any atom is -0.356 e. The maximum Gasteiger partial charge on any atom is 0.227 e. The lowest BCUT2D eigenvalue weighted by molar-refractivity contribution is -0.125. The summed E-state index contributed by atoms with van der Waals surface area (Å²) >= 11 is 0. The predicted octanol–water partition coefficient (Wildman–Crippen LogP) is 3.10. The van der Waals surface area contributed by atoms with Gasteiger partial charge in [0.2, 0.25) is 11.9 Å². The lowest BCUT2D eigenvalue weighted by atomic mass is 9.96. The first-order valence-corrected chi connectivity index (χ1v) is 9.56. The molecule has 4 rings (SSSR count). The summed E-state index contributed by atoms with van der Waals surface area (Å²) in [6.07, 6.45) is 5.75. The molecule has 0 unspecified atom stereocenters. The Morgan fingerprint density at radius 1 is 1.15 bits per heavy atom. The highest BCUT2D eigenvalue weighted by Gasteiger charge is 2.28. The third-order valence-corrected chi connectivity index (χ3v) is 5.19. The number of hydrogen-bond donors (Lipinski definition) is 2. The number of rotatable bonds is 6. The van der Waals surface area contributed by atoms with Crippen LogP contribution in [0.25, 0.3) is 0 Å². The van der Waals surface area contributed by atoms with Crippen molar-refractivity contribution in [2.24, 2.45) is 11.8 Å². The van der Waals surface area contributed by atoms with Crippen molar-refractivity contribution in [3.05, 3.63) is 42.3 Å². The van der Waals surface area contributed by atoms with Crippen LogP contribution in [0.4, 0.5) is 21.8 Å². The largest absolute Gasteiger partial charge is 0.356 e. The Bertz CT molecular complexity index is 802. The summed E-state index contributed by atoms with van der Waals surface area (Å²) in [5.41, 5.74) is 0.383. The van der Waals surface area contributed by atoms with Crippen molar-refractivity contribution in [1.82, 2.24) is 15.3 Å². The predicted molar refractivity (Wildman–Crippen MR) is 102 cm³/mol. The molecule has 7 heteroatoms. The van der Waals surface area contributed by atoms with Crippen LogP contribution in [-0.2, 0) is 4.79 Å². The summed E-state index contributed by atoms with van der Waals surface area (Å²) < 4.78 is 13.8. The molecular weight excluding hydrogens is 345 g/mol. The van der Waals surface area contributed by atoms with Gasteiger partial charge in [-0.1, -0.05) is 12.1 Å². The van der Waals surface area contributed by atoms with Crippen LogP contribution < -0.4 is 15.5 Å². The number of anilines is 3. The molecule has 2 heterocycles. The Kier molecular flexibility index (Phi) is 5.18. The lowest BCUT2D eigenvalue weighted by Crippen LogP contribution is -2.41. The molecule has 2 N–H and O–H groups in total. The van der Waals surface area contributed by atoms with Gasteiger partial charge in [-0.2, -0.15) is 4.98 Å². The van der Waals surface area contributed by atoms with Crippen molar-refractivity contribution in [2.45, 2.75) is 25.7 Å². The van der Waals surface area contributed by atoms with E-state index in [1.807, 2.05) is 0 Å². The molecule has 2 fully saturated rings. The number of amides is 1. The second kappa shape index (κ2) is 7.90. The molecule has 0 bridgehead atoms. The fourth-order valence-corrected chi connectivity index (χ4v) is 3.32. The number of halogens is 1. The molecule has 6 nitrogen and oxygen atoms in total. The van der Waals surface area contributed by atoms with Crippen LogP contribution in [0.1, 0.15) is 25.7 Å². The van der Waals surface area contributed by atoms with Crippen molar-refractivity contribution >= 4 is 23.4 Å². The molecule has 2 aromatic rings. The van der Waals surface area contributed by atoms with Crippen molar-refractivity contribution in [1.29, 1.82) is 0 Å². The van der Waals surface area contributed by atoms with E-state index < -0.39 is 0 Å². The van der Waals surface area contributed by atoms with Crippen LogP contribution in [0.5, 0.6) is 0 Å². The van der Waals surface area contributed by atoms with Gasteiger partial charge in [0.1, 0.15) is 11.6 Å². The van der Waals surface area contributed by atoms with E-state index in [2.05, 4.69) is 25.5 Å². The second-order valence-corrected chi connectivity index (χ2v) is 7.30. The summed E-state index contributed by atoms with van der Waals surface area (Å²) in [6, 6.07) is 8.21. The van der Waals surface area contributed by atoms with Crippen LogP contribution in [0.2, 0.25) is 0 Å². The van der Waals surface area contributed by atoms with E-state index in [0.717, 1.165) is 32.5 Å². The zero-order chi connectivity index (χ0) is 18.6. The third-order valence-electron chi connectivity index (χ3n) is 5.19. The van der Waals surface area contributed by atoms with Gasteiger partial charge >= 0.3 is 0 Å². The Balaban J connectivity index is 1.34. The smallest absolute Gasteiger partial charge is 0.227 e. The van der Waals surface area contributed by atoms with Gasteiger partial charge in [-0.05, 0) is 49.8 Å². The SMILES string of the molecule is O=C(NCC1CC1)C1CCN(c2nccc(Nc3ccccc3F)n2)CC1. The lowest BCUT2D eigenvalue weighted by Gasteiger charge is -2.31. The second-order valence-electron chi connectivity index (χ2n) is 7.30. The topological polar surface area (TPSA) is 70.2 Å². The third kappa shape index (κ3) is 4.53. The Labute approximate surface area is 158 Å². The number of hydrogen-bond acceptors (Lipinski definition) is 5. The van der Waals surface area contributed by atoms with Crippen LogP contribution in [-0.4, -0.2) is 35.5 Å². The van der Waals surface area contributed by atoms with E-state index in [0.29, 0.717) is 23.4 Å². The number of para-hydroxylation sites is 1. The van der Waals surface area contributed by atoms with E-state index in [1.165, 1.54) is 18.9 Å². The highest BCUT2D eigenvalue weighted by molar-refractivity contribution is 5.79. The first-order valence-electron chi connectivity index (χ1n) is 9.56.